The Kier molecular flexibility index (Phi) is 4.15. The van der Waals surface area contributed by atoms with E-state index in [1.165, 1.54) is 14.7 Å². The molecule has 0 atom stereocenters. The Bertz CT molecular complexity index is 741. The van der Waals surface area contributed by atoms with E-state index < -0.39 is 0 Å². The van der Waals surface area contributed by atoms with Gasteiger partial charge in [-0.05, 0) is 57.0 Å². The maximum Gasteiger partial charge on any atom is 0.150 e. The molecule has 0 spiro atoms. The number of hydrogen-bond acceptors (Lipinski definition) is 1. The first-order valence-corrected chi connectivity index (χ1v) is 7.76. The average molecular weight is 384 g/mol. The molecule has 0 aromatic heterocycles. The Morgan fingerprint density at radius 2 is 0.905 bits per heavy atom. The van der Waals surface area contributed by atoms with Crippen molar-refractivity contribution in [2.75, 3.05) is 0 Å². The molecular weight excluding hydrogens is 371 g/mol. The topological polar surface area (TPSA) is 17.1 Å². The van der Waals surface area contributed by atoms with E-state index in [1.54, 1.807) is 0 Å². The normalized spacial score (nSPS) is 10.3. The van der Waals surface area contributed by atoms with Crippen LogP contribution in [0.4, 0.5) is 0 Å². The second kappa shape index (κ2) is 6.22. The molecule has 102 valence electrons. The summed E-state index contributed by atoms with van der Waals surface area (Å²) >= 11 is 2.31. The van der Waals surface area contributed by atoms with E-state index in [0.717, 1.165) is 17.4 Å². The van der Waals surface area contributed by atoms with Gasteiger partial charge in [0.25, 0.3) is 0 Å². The predicted molar refractivity (Wildman–Crippen MR) is 95.4 cm³/mol. The Morgan fingerprint density at radius 3 is 1.29 bits per heavy atom. The Morgan fingerprint density at radius 1 is 0.571 bits per heavy atom. The minimum atomic E-state index is 0.703. The molecule has 3 aromatic rings. The lowest BCUT2D eigenvalue weighted by Crippen LogP contribution is -1.82. The number of rotatable bonds is 3. The lowest BCUT2D eigenvalue weighted by atomic mass is 10.00. The van der Waals surface area contributed by atoms with E-state index in [0.29, 0.717) is 5.56 Å². The van der Waals surface area contributed by atoms with Crippen LogP contribution < -0.4 is 0 Å². The molecule has 2 heteroatoms. The molecule has 0 saturated heterocycles. The maximum atomic E-state index is 10.7. The van der Waals surface area contributed by atoms with Crippen LogP contribution in [0, 0.1) is 3.57 Å². The van der Waals surface area contributed by atoms with Crippen molar-refractivity contribution >= 4 is 28.9 Å². The van der Waals surface area contributed by atoms with Crippen molar-refractivity contribution in [3.05, 3.63) is 81.9 Å². The monoisotopic (exact) mass is 384 g/mol. The van der Waals surface area contributed by atoms with Crippen molar-refractivity contribution in [2.24, 2.45) is 0 Å². The van der Waals surface area contributed by atoms with Crippen LogP contribution in [-0.2, 0) is 0 Å². The third-order valence-electron chi connectivity index (χ3n) is 3.44. The number of carbonyl (C=O) groups is 1. The smallest absolute Gasteiger partial charge is 0.150 e. The van der Waals surface area contributed by atoms with Gasteiger partial charge in [0, 0.05) is 9.13 Å². The molecule has 0 aliphatic rings. The third kappa shape index (κ3) is 3.22. The summed E-state index contributed by atoms with van der Waals surface area (Å²) in [5.74, 6) is 0. The number of aldehydes is 1. The van der Waals surface area contributed by atoms with Crippen molar-refractivity contribution in [3.63, 3.8) is 0 Å². The molecule has 3 rings (SSSR count). The highest BCUT2D eigenvalue weighted by Gasteiger charge is 2.01. The summed E-state index contributed by atoms with van der Waals surface area (Å²) in [4.78, 5) is 10.7. The molecule has 0 N–H and O–H groups in total. The second-order valence-corrected chi connectivity index (χ2v) is 6.07. The van der Waals surface area contributed by atoms with Crippen LogP contribution in [0.2, 0.25) is 0 Å². The summed E-state index contributed by atoms with van der Waals surface area (Å²) in [6.45, 7) is 0. The number of hydrogen-bond donors (Lipinski definition) is 0. The highest BCUT2D eigenvalue weighted by molar-refractivity contribution is 14.1. The average Bonchev–Trinajstić information content (AvgIpc) is 2.56. The van der Waals surface area contributed by atoms with E-state index in [4.69, 9.17) is 0 Å². The summed E-state index contributed by atoms with van der Waals surface area (Å²) in [5, 5.41) is 0. The van der Waals surface area contributed by atoms with Crippen molar-refractivity contribution in [3.8, 4) is 22.3 Å². The van der Waals surface area contributed by atoms with Crippen LogP contribution in [0.15, 0.2) is 72.8 Å². The molecule has 0 saturated carbocycles. The molecule has 3 aromatic carbocycles. The fourth-order valence-corrected chi connectivity index (χ4v) is 2.61. The first-order valence-electron chi connectivity index (χ1n) is 6.68. The van der Waals surface area contributed by atoms with Crippen LogP contribution in [0.5, 0.6) is 0 Å². The zero-order chi connectivity index (χ0) is 14.7. The standard InChI is InChI=1S/C19H13IO/c20-19-11-9-18(10-12-19)17-7-5-16(6-8-17)15-3-1-14(13-21)2-4-15/h1-13H. The Hall–Kier alpha value is -1.94. The van der Waals surface area contributed by atoms with E-state index in [-0.39, 0.29) is 0 Å². The molecule has 0 fully saturated rings. The lowest BCUT2D eigenvalue weighted by Gasteiger charge is -2.05. The summed E-state index contributed by atoms with van der Waals surface area (Å²) in [6.07, 6.45) is 0.865. The van der Waals surface area contributed by atoms with E-state index in [2.05, 4.69) is 71.1 Å². The molecule has 0 unspecified atom stereocenters. The molecule has 0 amide bonds. The van der Waals surface area contributed by atoms with Gasteiger partial charge in [0.05, 0.1) is 0 Å². The summed E-state index contributed by atoms with van der Waals surface area (Å²) in [6, 6.07) is 24.6. The molecule has 21 heavy (non-hydrogen) atoms. The van der Waals surface area contributed by atoms with Gasteiger partial charge in [-0.1, -0.05) is 60.7 Å². The lowest BCUT2D eigenvalue weighted by molar-refractivity contribution is 0.112. The fraction of sp³-hybridized carbons (Fsp3) is 0. The molecule has 0 aliphatic carbocycles. The maximum absolute atomic E-state index is 10.7. The summed E-state index contributed by atoms with van der Waals surface area (Å²) in [7, 11) is 0. The zero-order valence-corrected chi connectivity index (χ0v) is 13.4. The van der Waals surface area contributed by atoms with Crippen molar-refractivity contribution < 1.29 is 4.79 Å². The minimum absolute atomic E-state index is 0.703. The highest BCUT2D eigenvalue weighted by Crippen LogP contribution is 2.25. The first-order chi connectivity index (χ1) is 10.3. The van der Waals surface area contributed by atoms with Gasteiger partial charge in [-0.3, -0.25) is 4.79 Å². The highest BCUT2D eigenvalue weighted by atomic mass is 127. The van der Waals surface area contributed by atoms with Gasteiger partial charge in [-0.2, -0.15) is 0 Å². The van der Waals surface area contributed by atoms with Crippen LogP contribution in [0.3, 0.4) is 0 Å². The molecule has 0 aliphatic heterocycles. The van der Waals surface area contributed by atoms with Crippen molar-refractivity contribution in [2.45, 2.75) is 0 Å². The minimum Gasteiger partial charge on any atom is -0.298 e. The zero-order valence-electron chi connectivity index (χ0n) is 11.3. The Balaban J connectivity index is 1.89. The second-order valence-electron chi connectivity index (χ2n) is 4.82. The number of carbonyl (C=O) groups excluding carboxylic acids is 1. The fourth-order valence-electron chi connectivity index (χ4n) is 2.25. The van der Waals surface area contributed by atoms with Crippen LogP contribution in [0.25, 0.3) is 22.3 Å². The SMILES string of the molecule is O=Cc1ccc(-c2ccc(-c3ccc(I)cc3)cc2)cc1. The van der Waals surface area contributed by atoms with Gasteiger partial charge in [-0.15, -0.1) is 0 Å². The molecule has 1 nitrogen and oxygen atoms in total. The molecular formula is C19H13IO. The van der Waals surface area contributed by atoms with E-state index in [9.17, 15) is 4.79 Å². The van der Waals surface area contributed by atoms with E-state index in [1.807, 2.05) is 24.3 Å². The molecule has 0 radical (unpaired) electrons. The summed E-state index contributed by atoms with van der Waals surface area (Å²) in [5.41, 5.74) is 5.41. The predicted octanol–water partition coefficient (Wildman–Crippen LogP) is 5.44. The number of benzene rings is 3. The van der Waals surface area contributed by atoms with Crippen molar-refractivity contribution in [1.29, 1.82) is 0 Å². The number of halogens is 1. The van der Waals surface area contributed by atoms with Gasteiger partial charge in [0.2, 0.25) is 0 Å². The largest absolute Gasteiger partial charge is 0.298 e. The van der Waals surface area contributed by atoms with Gasteiger partial charge in [0.1, 0.15) is 6.29 Å². The van der Waals surface area contributed by atoms with Gasteiger partial charge >= 0.3 is 0 Å². The Labute approximate surface area is 137 Å². The van der Waals surface area contributed by atoms with E-state index >= 15 is 0 Å². The quantitative estimate of drug-likeness (QED) is 0.434. The first kappa shape index (κ1) is 14.0. The van der Waals surface area contributed by atoms with Gasteiger partial charge < -0.3 is 0 Å². The van der Waals surface area contributed by atoms with Crippen molar-refractivity contribution in [1.82, 2.24) is 0 Å². The van der Waals surface area contributed by atoms with Gasteiger partial charge in [-0.25, -0.2) is 0 Å². The third-order valence-corrected chi connectivity index (χ3v) is 4.16. The molecule has 0 bridgehead atoms. The summed E-state index contributed by atoms with van der Waals surface area (Å²) < 4.78 is 1.24. The van der Waals surface area contributed by atoms with Crippen LogP contribution in [0.1, 0.15) is 10.4 Å². The molecule has 0 heterocycles. The van der Waals surface area contributed by atoms with Crippen LogP contribution in [-0.4, -0.2) is 6.29 Å². The van der Waals surface area contributed by atoms with Crippen LogP contribution >= 0.6 is 22.6 Å². The van der Waals surface area contributed by atoms with Gasteiger partial charge in [0.15, 0.2) is 0 Å².